The molecule has 1 N–H and O–H groups in total. The Bertz CT molecular complexity index is 1130. The number of anilines is 1. The monoisotopic (exact) mass is 440 g/mol. The van der Waals surface area contributed by atoms with Gasteiger partial charge in [0.1, 0.15) is 17.1 Å². The van der Waals surface area contributed by atoms with Crippen molar-refractivity contribution in [1.29, 1.82) is 0 Å². The maximum atomic E-state index is 12.7. The van der Waals surface area contributed by atoms with E-state index in [0.717, 1.165) is 22.6 Å². The van der Waals surface area contributed by atoms with Gasteiger partial charge in [0.05, 0.1) is 19.9 Å². The lowest BCUT2D eigenvalue weighted by Gasteiger charge is -2.29. The molecule has 0 unspecified atom stereocenters. The number of nitrogens with zero attached hydrogens (tertiary/aromatic N) is 3. The predicted molar refractivity (Wildman–Crippen MR) is 115 cm³/mol. The molecule has 0 spiro atoms. The molecule has 0 saturated carbocycles. The van der Waals surface area contributed by atoms with Crippen LogP contribution in [0, 0.1) is 0 Å². The van der Waals surface area contributed by atoms with E-state index in [9.17, 15) is 4.79 Å². The first-order valence-electron chi connectivity index (χ1n) is 10.0. The van der Waals surface area contributed by atoms with E-state index >= 15 is 0 Å². The van der Waals surface area contributed by atoms with Crippen molar-refractivity contribution in [2.24, 2.45) is 0 Å². The van der Waals surface area contributed by atoms with Crippen molar-refractivity contribution < 1.29 is 19.0 Å². The molecule has 2 aliphatic rings. The Balaban J connectivity index is 1.43. The van der Waals surface area contributed by atoms with Crippen molar-refractivity contribution in [2.45, 2.75) is 20.1 Å². The number of carbonyl (C=O) groups excluding carboxylic acids is 1. The normalized spacial score (nSPS) is 14.8. The zero-order chi connectivity index (χ0) is 21.4. The number of halogens is 1. The summed E-state index contributed by atoms with van der Waals surface area (Å²) in [5.74, 6) is 1.79. The summed E-state index contributed by atoms with van der Waals surface area (Å²) >= 11 is 6.03. The summed E-state index contributed by atoms with van der Waals surface area (Å²) < 4.78 is 18.0. The molecule has 0 radical (unpaired) electrons. The number of esters is 1. The molecule has 5 rings (SSSR count). The van der Waals surface area contributed by atoms with Crippen LogP contribution in [0.4, 0.5) is 5.82 Å². The summed E-state index contributed by atoms with van der Waals surface area (Å²) in [6.07, 6.45) is 0. The maximum absolute atomic E-state index is 12.7. The van der Waals surface area contributed by atoms with E-state index in [1.54, 1.807) is 23.7 Å². The van der Waals surface area contributed by atoms with E-state index in [1.807, 2.05) is 30.3 Å². The minimum absolute atomic E-state index is 0.255. The van der Waals surface area contributed by atoms with Gasteiger partial charge in [-0.15, -0.1) is 0 Å². The number of nitrogens with one attached hydrogen (secondary N) is 1. The zero-order valence-electron chi connectivity index (χ0n) is 16.9. The third kappa shape index (κ3) is 3.80. The Hall–Kier alpha value is -3.23. The highest BCUT2D eigenvalue weighted by Crippen LogP contribution is 2.34. The van der Waals surface area contributed by atoms with Crippen LogP contribution in [0.2, 0.25) is 5.02 Å². The lowest BCUT2D eigenvalue weighted by atomic mass is 10.1. The molecule has 8 nitrogen and oxygen atoms in total. The Kier molecular flexibility index (Phi) is 5.17. The third-order valence-electron chi connectivity index (χ3n) is 5.20. The van der Waals surface area contributed by atoms with Gasteiger partial charge in [0, 0.05) is 17.1 Å². The van der Waals surface area contributed by atoms with Gasteiger partial charge >= 0.3 is 5.97 Å². The fraction of sp³-hybridized carbons (Fsp3) is 0.273. The highest BCUT2D eigenvalue weighted by atomic mass is 35.5. The van der Waals surface area contributed by atoms with Crippen LogP contribution in [0.15, 0.2) is 42.5 Å². The van der Waals surface area contributed by atoms with Crippen molar-refractivity contribution in [3.8, 4) is 22.8 Å². The second-order valence-electron chi connectivity index (χ2n) is 7.29. The SMILES string of the molecule is CCOC(=O)c1c(-c2ccc(Cl)cc2)nn2c1NCN(Cc1ccc3c(c1)OCO3)C2. The van der Waals surface area contributed by atoms with Crippen molar-refractivity contribution >= 4 is 23.4 Å². The second-order valence-corrected chi connectivity index (χ2v) is 7.73. The molecular weight excluding hydrogens is 420 g/mol. The summed E-state index contributed by atoms with van der Waals surface area (Å²) in [4.78, 5) is 14.9. The molecule has 0 aliphatic carbocycles. The second kappa shape index (κ2) is 8.13. The number of benzene rings is 2. The van der Waals surface area contributed by atoms with E-state index in [4.69, 9.17) is 30.9 Å². The first-order chi connectivity index (χ1) is 15.1. The maximum Gasteiger partial charge on any atom is 0.344 e. The molecule has 160 valence electrons. The summed E-state index contributed by atoms with van der Waals surface area (Å²) in [5, 5.41) is 8.69. The number of rotatable bonds is 5. The Labute approximate surface area is 184 Å². The highest BCUT2D eigenvalue weighted by molar-refractivity contribution is 6.30. The molecule has 0 bridgehead atoms. The first-order valence-corrected chi connectivity index (χ1v) is 10.4. The van der Waals surface area contributed by atoms with E-state index in [1.165, 1.54) is 0 Å². The molecule has 9 heteroatoms. The smallest absolute Gasteiger partial charge is 0.344 e. The minimum atomic E-state index is -0.398. The van der Waals surface area contributed by atoms with Gasteiger partial charge in [0.15, 0.2) is 11.5 Å². The summed E-state index contributed by atoms with van der Waals surface area (Å²) in [6.45, 7) is 4.11. The van der Waals surface area contributed by atoms with Gasteiger partial charge in [-0.05, 0) is 36.8 Å². The molecule has 1 aromatic heterocycles. The average molecular weight is 441 g/mol. The lowest BCUT2D eigenvalue weighted by molar-refractivity contribution is 0.0527. The fourth-order valence-electron chi connectivity index (χ4n) is 3.78. The standard InChI is InChI=1S/C22H21ClN4O4/c1-2-29-22(28)19-20(15-4-6-16(23)7-5-15)25-27-12-26(11-24-21(19)27)10-14-3-8-17-18(9-14)31-13-30-17/h3-9,24H,2,10-13H2,1H3. The summed E-state index contributed by atoms with van der Waals surface area (Å²) in [5.41, 5.74) is 2.91. The lowest BCUT2D eigenvalue weighted by Crippen LogP contribution is -2.37. The van der Waals surface area contributed by atoms with Crippen molar-refractivity contribution in [3.63, 3.8) is 0 Å². The quantitative estimate of drug-likeness (QED) is 0.602. The van der Waals surface area contributed by atoms with Crippen LogP contribution in [0.1, 0.15) is 22.8 Å². The van der Waals surface area contributed by atoms with E-state index in [0.29, 0.717) is 48.6 Å². The molecule has 3 aromatic rings. The van der Waals surface area contributed by atoms with Crippen LogP contribution in [0.25, 0.3) is 11.3 Å². The van der Waals surface area contributed by atoms with Crippen LogP contribution in [0.3, 0.4) is 0 Å². The molecule has 0 fully saturated rings. The van der Waals surface area contributed by atoms with Crippen LogP contribution in [-0.2, 0) is 18.0 Å². The summed E-state index contributed by atoms with van der Waals surface area (Å²) in [6, 6.07) is 13.2. The van der Waals surface area contributed by atoms with Gasteiger partial charge in [0.2, 0.25) is 6.79 Å². The van der Waals surface area contributed by atoms with E-state index in [-0.39, 0.29) is 6.79 Å². The number of hydrogen-bond acceptors (Lipinski definition) is 7. The van der Waals surface area contributed by atoms with Crippen LogP contribution >= 0.6 is 11.6 Å². The van der Waals surface area contributed by atoms with Crippen molar-refractivity contribution in [2.75, 3.05) is 25.4 Å². The number of aromatic nitrogens is 2. The highest BCUT2D eigenvalue weighted by Gasteiger charge is 2.29. The average Bonchev–Trinajstić information content (AvgIpc) is 3.38. The van der Waals surface area contributed by atoms with Crippen LogP contribution < -0.4 is 14.8 Å². The zero-order valence-corrected chi connectivity index (χ0v) is 17.7. The van der Waals surface area contributed by atoms with Crippen molar-refractivity contribution in [3.05, 3.63) is 58.6 Å². The summed E-state index contributed by atoms with van der Waals surface area (Å²) in [7, 11) is 0. The molecular formula is C22H21ClN4O4. The molecule has 2 aliphatic heterocycles. The number of fused-ring (bicyclic) bond motifs is 2. The molecule has 2 aromatic carbocycles. The minimum Gasteiger partial charge on any atom is -0.462 e. The molecule has 3 heterocycles. The number of carbonyl (C=O) groups is 1. The third-order valence-corrected chi connectivity index (χ3v) is 5.45. The van der Waals surface area contributed by atoms with Gasteiger partial charge in [-0.25, -0.2) is 9.48 Å². The Morgan fingerprint density at radius 3 is 2.81 bits per heavy atom. The van der Waals surface area contributed by atoms with Gasteiger partial charge < -0.3 is 19.5 Å². The van der Waals surface area contributed by atoms with Gasteiger partial charge in [-0.1, -0.05) is 29.8 Å². The first kappa shape index (κ1) is 19.7. The topological polar surface area (TPSA) is 77.9 Å². The molecule has 0 saturated heterocycles. The van der Waals surface area contributed by atoms with Crippen LogP contribution in [0.5, 0.6) is 11.5 Å². The number of ether oxygens (including phenoxy) is 3. The molecule has 31 heavy (non-hydrogen) atoms. The van der Waals surface area contributed by atoms with Crippen LogP contribution in [-0.4, -0.2) is 40.7 Å². The molecule has 0 atom stereocenters. The van der Waals surface area contributed by atoms with E-state index in [2.05, 4.69) is 10.2 Å². The predicted octanol–water partition coefficient (Wildman–Crippen LogP) is 3.95. The van der Waals surface area contributed by atoms with Gasteiger partial charge in [0.25, 0.3) is 0 Å². The van der Waals surface area contributed by atoms with Gasteiger partial charge in [-0.2, -0.15) is 5.10 Å². The Morgan fingerprint density at radius 1 is 1.19 bits per heavy atom. The number of hydrogen-bond donors (Lipinski definition) is 1. The van der Waals surface area contributed by atoms with Crippen molar-refractivity contribution in [1.82, 2.24) is 14.7 Å². The molecule has 0 amide bonds. The van der Waals surface area contributed by atoms with Gasteiger partial charge in [-0.3, -0.25) is 4.90 Å². The largest absolute Gasteiger partial charge is 0.462 e. The Morgan fingerprint density at radius 2 is 2.00 bits per heavy atom. The fourth-order valence-corrected chi connectivity index (χ4v) is 3.91. The van der Waals surface area contributed by atoms with E-state index < -0.39 is 5.97 Å².